The van der Waals surface area contributed by atoms with Crippen molar-refractivity contribution in [2.24, 2.45) is 5.73 Å². The quantitative estimate of drug-likeness (QED) is 0.806. The maximum atomic E-state index is 5.49. The Morgan fingerprint density at radius 1 is 1.40 bits per heavy atom. The highest BCUT2D eigenvalue weighted by Crippen LogP contribution is 2.23. The normalized spacial score (nSPS) is 11.5. The van der Waals surface area contributed by atoms with E-state index >= 15 is 0 Å². The number of nitrogens with one attached hydrogen (secondary N) is 1. The van der Waals surface area contributed by atoms with Gasteiger partial charge < -0.3 is 10.7 Å². The average Bonchev–Trinajstić information content (AvgIpc) is 2.61. The monoisotopic (exact) mass is 222 g/mol. The Labute approximate surface area is 95.6 Å². The van der Waals surface area contributed by atoms with Crippen molar-refractivity contribution in [2.45, 2.75) is 6.92 Å². The minimum atomic E-state index is 0. The predicted molar refractivity (Wildman–Crippen MR) is 68.3 cm³/mol. The largest absolute Gasteiger partial charge is 0.361 e. The van der Waals surface area contributed by atoms with E-state index in [0.717, 1.165) is 0 Å². The van der Waals surface area contributed by atoms with Crippen LogP contribution in [0.2, 0.25) is 0 Å². The number of allylic oxidation sites excluding steroid dienone is 1. The van der Waals surface area contributed by atoms with Gasteiger partial charge in [-0.3, -0.25) is 0 Å². The van der Waals surface area contributed by atoms with E-state index in [1.54, 1.807) is 0 Å². The van der Waals surface area contributed by atoms with Crippen molar-refractivity contribution in [3.05, 3.63) is 42.1 Å². The lowest BCUT2D eigenvalue weighted by atomic mass is 10.1. The van der Waals surface area contributed by atoms with Crippen molar-refractivity contribution >= 4 is 28.9 Å². The molecular weight excluding hydrogens is 208 g/mol. The lowest BCUT2D eigenvalue weighted by molar-refractivity contribution is 1.25. The second-order valence-corrected chi connectivity index (χ2v) is 3.37. The van der Waals surface area contributed by atoms with Crippen LogP contribution in [0.15, 0.2) is 36.5 Å². The Bertz CT molecular complexity index is 471. The predicted octanol–water partition coefficient (Wildman–Crippen LogP) is 2.95. The van der Waals surface area contributed by atoms with Gasteiger partial charge in [0.15, 0.2) is 0 Å². The third-order valence-corrected chi connectivity index (χ3v) is 2.44. The van der Waals surface area contributed by atoms with E-state index in [9.17, 15) is 0 Å². The molecule has 1 aromatic carbocycles. The van der Waals surface area contributed by atoms with Crippen LogP contribution in [-0.4, -0.2) is 11.5 Å². The first-order valence-corrected chi connectivity index (χ1v) is 4.76. The maximum Gasteiger partial charge on any atom is 0.0460 e. The molecule has 0 amide bonds. The number of para-hydroxylation sites is 1. The molecule has 0 spiro atoms. The van der Waals surface area contributed by atoms with Crippen LogP contribution >= 0.6 is 12.4 Å². The van der Waals surface area contributed by atoms with Gasteiger partial charge in [0.1, 0.15) is 0 Å². The summed E-state index contributed by atoms with van der Waals surface area (Å²) in [7, 11) is 0. The summed E-state index contributed by atoms with van der Waals surface area (Å²) in [6.07, 6.45) is 4.07. The molecule has 0 atom stereocenters. The van der Waals surface area contributed by atoms with Crippen LogP contribution in [-0.2, 0) is 0 Å². The Balaban J connectivity index is 0.00000112. The van der Waals surface area contributed by atoms with Crippen LogP contribution in [0.3, 0.4) is 0 Å². The Kier molecular flexibility index (Phi) is 3.95. The molecule has 0 unspecified atom stereocenters. The number of benzene rings is 1. The highest BCUT2D eigenvalue weighted by atomic mass is 35.5. The zero-order valence-corrected chi connectivity index (χ0v) is 9.47. The molecule has 2 aromatic rings. The van der Waals surface area contributed by atoms with E-state index in [1.165, 1.54) is 22.0 Å². The van der Waals surface area contributed by atoms with Crippen molar-refractivity contribution < 1.29 is 0 Å². The van der Waals surface area contributed by atoms with Crippen LogP contribution in [0.5, 0.6) is 0 Å². The van der Waals surface area contributed by atoms with Gasteiger partial charge in [-0.2, -0.15) is 0 Å². The summed E-state index contributed by atoms with van der Waals surface area (Å²) in [5.41, 5.74) is 9.13. The van der Waals surface area contributed by atoms with Gasteiger partial charge in [-0.15, -0.1) is 12.4 Å². The molecule has 2 nitrogen and oxygen atoms in total. The van der Waals surface area contributed by atoms with E-state index in [2.05, 4.69) is 30.1 Å². The molecule has 80 valence electrons. The molecule has 0 fully saturated rings. The number of aromatic nitrogens is 1. The smallest absolute Gasteiger partial charge is 0.0460 e. The summed E-state index contributed by atoms with van der Waals surface area (Å²) in [5.74, 6) is 0. The Hall–Kier alpha value is -1.25. The maximum absolute atomic E-state index is 5.49. The second kappa shape index (κ2) is 5.01. The topological polar surface area (TPSA) is 41.8 Å². The van der Waals surface area contributed by atoms with Crippen LogP contribution in [0.25, 0.3) is 16.5 Å². The molecule has 0 bridgehead atoms. The number of rotatable bonds is 2. The lowest BCUT2D eigenvalue weighted by Crippen LogP contribution is -1.94. The summed E-state index contributed by atoms with van der Waals surface area (Å²) in [6.45, 7) is 2.67. The van der Waals surface area contributed by atoms with Gasteiger partial charge in [-0.25, -0.2) is 0 Å². The molecule has 2 rings (SSSR count). The van der Waals surface area contributed by atoms with E-state index < -0.39 is 0 Å². The zero-order chi connectivity index (χ0) is 9.97. The van der Waals surface area contributed by atoms with Crippen LogP contribution in [0, 0.1) is 0 Å². The lowest BCUT2D eigenvalue weighted by Gasteiger charge is -1.97. The van der Waals surface area contributed by atoms with Gasteiger partial charge in [0.05, 0.1) is 0 Å². The number of fused-ring (bicyclic) bond motifs is 1. The van der Waals surface area contributed by atoms with Gasteiger partial charge >= 0.3 is 0 Å². The van der Waals surface area contributed by atoms with E-state index in [-0.39, 0.29) is 12.4 Å². The summed E-state index contributed by atoms with van der Waals surface area (Å²) in [5, 5.41) is 1.26. The zero-order valence-electron chi connectivity index (χ0n) is 8.66. The van der Waals surface area contributed by atoms with Crippen molar-refractivity contribution in [3.8, 4) is 0 Å². The summed E-state index contributed by atoms with van der Waals surface area (Å²) >= 11 is 0. The van der Waals surface area contributed by atoms with Crippen LogP contribution in [0.4, 0.5) is 0 Å². The molecule has 3 N–H and O–H groups in total. The SMILES string of the molecule is C/C(=C\CN)c1c[nH]c2ccccc12.Cl. The van der Waals surface area contributed by atoms with E-state index in [0.29, 0.717) is 6.54 Å². The fraction of sp³-hybridized carbons (Fsp3) is 0.167. The first kappa shape index (κ1) is 11.8. The molecule has 0 saturated heterocycles. The van der Waals surface area contributed by atoms with Gasteiger partial charge in [0.2, 0.25) is 0 Å². The van der Waals surface area contributed by atoms with Gasteiger partial charge in [0.25, 0.3) is 0 Å². The number of hydrogen-bond acceptors (Lipinski definition) is 1. The standard InChI is InChI=1S/C12H14N2.ClH/c1-9(6-7-13)11-8-14-12-5-3-2-4-10(11)12;/h2-6,8,14H,7,13H2,1H3;1H/b9-6+;. The second-order valence-electron chi connectivity index (χ2n) is 3.37. The minimum Gasteiger partial charge on any atom is -0.361 e. The Morgan fingerprint density at radius 3 is 2.87 bits per heavy atom. The first-order chi connectivity index (χ1) is 6.83. The van der Waals surface area contributed by atoms with E-state index in [4.69, 9.17) is 5.73 Å². The van der Waals surface area contributed by atoms with Gasteiger partial charge in [0, 0.05) is 29.2 Å². The molecule has 1 heterocycles. The van der Waals surface area contributed by atoms with E-state index in [1.807, 2.05) is 18.3 Å². The molecule has 0 aliphatic heterocycles. The molecule has 1 aromatic heterocycles. The van der Waals surface area contributed by atoms with Crippen molar-refractivity contribution in [2.75, 3.05) is 6.54 Å². The summed E-state index contributed by atoms with van der Waals surface area (Å²) in [4.78, 5) is 3.25. The van der Waals surface area contributed by atoms with Crippen LogP contribution in [0.1, 0.15) is 12.5 Å². The Morgan fingerprint density at radius 2 is 2.13 bits per heavy atom. The molecule has 15 heavy (non-hydrogen) atoms. The highest BCUT2D eigenvalue weighted by molar-refractivity contribution is 5.92. The van der Waals surface area contributed by atoms with Crippen molar-refractivity contribution in [1.82, 2.24) is 4.98 Å². The molecular formula is C12H15ClN2. The number of nitrogens with two attached hydrogens (primary N) is 1. The minimum absolute atomic E-state index is 0. The fourth-order valence-electron chi connectivity index (χ4n) is 1.68. The molecule has 0 saturated carbocycles. The van der Waals surface area contributed by atoms with Crippen molar-refractivity contribution in [3.63, 3.8) is 0 Å². The molecule has 0 aliphatic rings. The highest BCUT2D eigenvalue weighted by Gasteiger charge is 2.02. The number of hydrogen-bond donors (Lipinski definition) is 2. The average molecular weight is 223 g/mol. The third-order valence-electron chi connectivity index (χ3n) is 2.44. The molecule has 3 heteroatoms. The number of aromatic amines is 1. The fourth-order valence-corrected chi connectivity index (χ4v) is 1.68. The van der Waals surface area contributed by atoms with Gasteiger partial charge in [-0.05, 0) is 18.6 Å². The van der Waals surface area contributed by atoms with Gasteiger partial charge in [-0.1, -0.05) is 24.3 Å². The molecule has 0 aliphatic carbocycles. The third kappa shape index (κ3) is 2.22. The number of H-pyrrole nitrogens is 1. The first-order valence-electron chi connectivity index (χ1n) is 4.76. The summed E-state index contributed by atoms with van der Waals surface area (Å²) < 4.78 is 0. The van der Waals surface area contributed by atoms with Crippen molar-refractivity contribution in [1.29, 1.82) is 0 Å². The molecule has 0 radical (unpaired) electrons. The van der Waals surface area contributed by atoms with Crippen LogP contribution < -0.4 is 5.73 Å². The summed E-state index contributed by atoms with van der Waals surface area (Å²) in [6, 6.07) is 8.28. The number of halogens is 1.